The number of nitrogens with one attached hydrogen (secondary N) is 1. The Morgan fingerprint density at radius 1 is 0.935 bits per heavy atom. The molecule has 1 aliphatic heterocycles. The maximum Gasteiger partial charge on any atom is 0.260 e. The molecule has 0 saturated heterocycles. The van der Waals surface area contributed by atoms with E-state index in [2.05, 4.69) is 20.5 Å². The van der Waals surface area contributed by atoms with Crippen LogP contribution in [-0.2, 0) is 6.54 Å². The first-order valence-corrected chi connectivity index (χ1v) is 10.3. The van der Waals surface area contributed by atoms with Crippen molar-refractivity contribution in [2.45, 2.75) is 19.4 Å². The summed E-state index contributed by atoms with van der Waals surface area (Å²) in [5.41, 5.74) is 3.14. The van der Waals surface area contributed by atoms with E-state index in [-0.39, 0.29) is 5.91 Å². The monoisotopic (exact) mass is 411 g/mol. The molecule has 2 aromatic heterocycles. The van der Waals surface area contributed by atoms with Crippen molar-refractivity contribution in [3.8, 4) is 28.4 Å². The molecule has 1 amide bonds. The smallest absolute Gasteiger partial charge is 0.260 e. The van der Waals surface area contributed by atoms with Gasteiger partial charge in [0.1, 0.15) is 23.6 Å². The number of aromatic nitrogens is 4. The first-order valence-electron chi connectivity index (χ1n) is 10.3. The van der Waals surface area contributed by atoms with Gasteiger partial charge in [0.25, 0.3) is 5.91 Å². The molecular weight excluding hydrogens is 390 g/mol. The third-order valence-electron chi connectivity index (χ3n) is 5.22. The SMILES string of the molecule is O=C1Nc2cccc(n2)-c2nncn2CCCCOc2ccc(-c3ccccc3)cc21. The van der Waals surface area contributed by atoms with Crippen molar-refractivity contribution in [2.75, 3.05) is 11.9 Å². The Labute approximate surface area is 179 Å². The minimum absolute atomic E-state index is 0.268. The van der Waals surface area contributed by atoms with Crippen molar-refractivity contribution in [3.05, 3.63) is 78.6 Å². The van der Waals surface area contributed by atoms with Gasteiger partial charge < -0.3 is 14.6 Å². The van der Waals surface area contributed by atoms with Crippen LogP contribution < -0.4 is 10.1 Å². The van der Waals surface area contributed by atoms with E-state index in [1.54, 1.807) is 12.4 Å². The van der Waals surface area contributed by atoms with Crippen LogP contribution in [0, 0.1) is 0 Å². The molecule has 1 N–H and O–H groups in total. The fourth-order valence-corrected chi connectivity index (χ4v) is 3.64. The first kappa shape index (κ1) is 19.0. The number of hydrogen-bond donors (Lipinski definition) is 1. The minimum Gasteiger partial charge on any atom is -0.493 e. The van der Waals surface area contributed by atoms with Gasteiger partial charge in [0.15, 0.2) is 5.82 Å². The average Bonchev–Trinajstić information content (AvgIpc) is 3.28. The molecule has 0 saturated carbocycles. The molecule has 3 heterocycles. The van der Waals surface area contributed by atoms with Gasteiger partial charge in [-0.3, -0.25) is 4.79 Å². The molecule has 31 heavy (non-hydrogen) atoms. The molecule has 7 heteroatoms. The van der Waals surface area contributed by atoms with Crippen molar-refractivity contribution in [1.82, 2.24) is 19.7 Å². The molecular formula is C24H21N5O2. The predicted molar refractivity (Wildman–Crippen MR) is 118 cm³/mol. The van der Waals surface area contributed by atoms with Crippen molar-refractivity contribution >= 4 is 11.7 Å². The van der Waals surface area contributed by atoms with Gasteiger partial charge in [-0.15, -0.1) is 10.2 Å². The number of carbonyl (C=O) groups is 1. The van der Waals surface area contributed by atoms with Gasteiger partial charge >= 0.3 is 0 Å². The van der Waals surface area contributed by atoms with Gasteiger partial charge in [-0.25, -0.2) is 4.98 Å². The van der Waals surface area contributed by atoms with Crippen LogP contribution in [0.15, 0.2) is 73.1 Å². The van der Waals surface area contributed by atoms with Gasteiger partial charge in [-0.1, -0.05) is 42.5 Å². The standard InChI is InChI=1S/C24H21N5O2/c30-24-19-15-18(17-7-2-1-3-8-17)11-12-21(19)31-14-5-4-13-29-16-25-28-23(29)20-9-6-10-22(26-20)27-24/h1-3,6-12,15-16H,4-5,13-14H2,(H,26,27,30). The summed E-state index contributed by atoms with van der Waals surface area (Å²) in [4.78, 5) is 17.8. The summed E-state index contributed by atoms with van der Waals surface area (Å²) in [6, 6.07) is 21.2. The second-order valence-corrected chi connectivity index (χ2v) is 7.34. The molecule has 154 valence electrons. The molecule has 4 aromatic rings. The highest BCUT2D eigenvalue weighted by Gasteiger charge is 2.17. The van der Waals surface area contributed by atoms with Crippen LogP contribution in [0.5, 0.6) is 5.75 Å². The number of benzene rings is 2. The van der Waals surface area contributed by atoms with Gasteiger partial charge in [-0.05, 0) is 48.2 Å². The lowest BCUT2D eigenvalue weighted by Gasteiger charge is -2.15. The van der Waals surface area contributed by atoms with E-state index in [0.29, 0.717) is 35.3 Å². The van der Waals surface area contributed by atoms with Crippen LogP contribution in [0.2, 0.25) is 0 Å². The molecule has 2 bridgehead atoms. The number of nitrogens with zero attached hydrogens (tertiary/aromatic N) is 4. The zero-order valence-electron chi connectivity index (χ0n) is 16.9. The molecule has 0 aliphatic carbocycles. The highest BCUT2D eigenvalue weighted by Crippen LogP contribution is 2.28. The predicted octanol–water partition coefficient (Wildman–Crippen LogP) is 4.43. The average molecular weight is 411 g/mol. The topological polar surface area (TPSA) is 81.9 Å². The number of pyridine rings is 1. The van der Waals surface area contributed by atoms with E-state index in [0.717, 1.165) is 30.5 Å². The largest absolute Gasteiger partial charge is 0.493 e. The second kappa shape index (κ2) is 8.39. The second-order valence-electron chi connectivity index (χ2n) is 7.34. The Hall–Kier alpha value is -4.00. The van der Waals surface area contributed by atoms with E-state index in [1.165, 1.54) is 0 Å². The van der Waals surface area contributed by atoms with Gasteiger partial charge in [-0.2, -0.15) is 0 Å². The normalized spacial score (nSPS) is 13.9. The van der Waals surface area contributed by atoms with Crippen LogP contribution in [0.25, 0.3) is 22.6 Å². The molecule has 0 atom stereocenters. The number of fused-ring (bicyclic) bond motifs is 5. The summed E-state index contributed by atoms with van der Waals surface area (Å²) in [7, 11) is 0. The van der Waals surface area contributed by atoms with Crippen molar-refractivity contribution in [2.24, 2.45) is 0 Å². The maximum absolute atomic E-state index is 13.2. The van der Waals surface area contributed by atoms with E-state index in [9.17, 15) is 4.79 Å². The third-order valence-corrected chi connectivity index (χ3v) is 5.22. The maximum atomic E-state index is 13.2. The van der Waals surface area contributed by atoms with E-state index >= 15 is 0 Å². The fourth-order valence-electron chi connectivity index (χ4n) is 3.64. The van der Waals surface area contributed by atoms with Crippen molar-refractivity contribution < 1.29 is 9.53 Å². The lowest BCUT2D eigenvalue weighted by atomic mass is 10.0. The Kier molecular flexibility index (Phi) is 5.14. The number of anilines is 1. The number of amides is 1. The fraction of sp³-hybridized carbons (Fsp3) is 0.167. The van der Waals surface area contributed by atoms with Gasteiger partial charge in [0.05, 0.1) is 12.2 Å². The molecule has 0 radical (unpaired) electrons. The summed E-state index contributed by atoms with van der Waals surface area (Å²) in [6.07, 6.45) is 3.44. The molecule has 7 nitrogen and oxygen atoms in total. The van der Waals surface area contributed by atoms with E-state index < -0.39 is 0 Å². The lowest BCUT2D eigenvalue weighted by Crippen LogP contribution is -2.16. The number of carbonyl (C=O) groups excluding carboxylic acids is 1. The highest BCUT2D eigenvalue weighted by molar-refractivity contribution is 6.06. The van der Waals surface area contributed by atoms with Crippen LogP contribution in [0.1, 0.15) is 23.2 Å². The molecule has 0 fully saturated rings. The number of hydrogen-bond acceptors (Lipinski definition) is 5. The summed E-state index contributed by atoms with van der Waals surface area (Å²) in [6.45, 7) is 1.29. The van der Waals surface area contributed by atoms with Crippen LogP contribution in [0.4, 0.5) is 5.82 Å². The third kappa shape index (κ3) is 4.02. The Morgan fingerprint density at radius 2 is 1.84 bits per heavy atom. The molecule has 0 spiro atoms. The summed E-state index contributed by atoms with van der Waals surface area (Å²) in [5, 5.41) is 11.1. The Bertz CT molecular complexity index is 1220. The Morgan fingerprint density at radius 3 is 2.74 bits per heavy atom. The quantitative estimate of drug-likeness (QED) is 0.501. The number of ether oxygens (including phenoxy) is 1. The van der Waals surface area contributed by atoms with Crippen LogP contribution >= 0.6 is 0 Å². The zero-order chi connectivity index (χ0) is 21.0. The van der Waals surface area contributed by atoms with E-state index in [4.69, 9.17) is 4.74 Å². The minimum atomic E-state index is -0.268. The van der Waals surface area contributed by atoms with Gasteiger partial charge in [0, 0.05) is 6.54 Å². The number of rotatable bonds is 1. The zero-order valence-corrected chi connectivity index (χ0v) is 16.9. The molecule has 1 aliphatic rings. The van der Waals surface area contributed by atoms with Crippen molar-refractivity contribution in [1.29, 1.82) is 0 Å². The molecule has 2 aromatic carbocycles. The van der Waals surface area contributed by atoms with E-state index in [1.807, 2.05) is 65.2 Å². The molecule has 0 unspecified atom stereocenters. The number of aryl methyl sites for hydroxylation is 1. The summed E-state index contributed by atoms with van der Waals surface area (Å²) >= 11 is 0. The summed E-state index contributed by atoms with van der Waals surface area (Å²) < 4.78 is 7.97. The van der Waals surface area contributed by atoms with Crippen molar-refractivity contribution in [3.63, 3.8) is 0 Å². The van der Waals surface area contributed by atoms with Gasteiger partial charge in [0.2, 0.25) is 0 Å². The first-order chi connectivity index (χ1) is 15.3. The molecule has 5 rings (SSSR count). The Balaban J connectivity index is 1.54. The highest BCUT2D eigenvalue weighted by atomic mass is 16.5. The van der Waals surface area contributed by atoms with Crippen LogP contribution in [0.3, 0.4) is 0 Å². The van der Waals surface area contributed by atoms with Crippen LogP contribution in [-0.4, -0.2) is 32.3 Å². The summed E-state index contributed by atoms with van der Waals surface area (Å²) in [5.74, 6) is 1.43. The lowest BCUT2D eigenvalue weighted by molar-refractivity contribution is 0.102.